The molecule has 0 spiro atoms. The van der Waals surface area contributed by atoms with Crippen LogP contribution in [0.5, 0.6) is 0 Å². The molecule has 0 aliphatic rings. The van der Waals surface area contributed by atoms with Gasteiger partial charge in [0.1, 0.15) is 0 Å². The normalized spacial score (nSPS) is 0. The van der Waals surface area contributed by atoms with Gasteiger partial charge in [-0.25, -0.2) is 0 Å². The molecule has 4 heavy (non-hydrogen) atoms. The zero-order valence-corrected chi connectivity index (χ0v) is 15.0. The second-order valence-corrected chi connectivity index (χ2v) is 0. The van der Waals surface area contributed by atoms with Crippen LogP contribution in [0.15, 0.2) is 0 Å². The van der Waals surface area contributed by atoms with Crippen molar-refractivity contribution in [3.8, 4) is 0 Å². The Labute approximate surface area is 99.1 Å². The summed E-state index contributed by atoms with van der Waals surface area (Å²) in [6.45, 7) is 0. The van der Waals surface area contributed by atoms with Crippen LogP contribution < -0.4 is 0 Å². The van der Waals surface area contributed by atoms with Gasteiger partial charge >= 0.3 is 0 Å². The predicted molar refractivity (Wildman–Crippen MR) is 23.0 cm³/mol. The molecule has 0 aliphatic carbocycles. The fourth-order valence-electron chi connectivity index (χ4n) is 0. The van der Waals surface area contributed by atoms with Crippen LogP contribution in [-0.2, 0) is 0 Å². The van der Waals surface area contributed by atoms with Gasteiger partial charge in [-0.2, -0.15) is 0 Å². The molecular weight excluding hydrogens is 654 g/mol. The average Bonchev–Trinajstić information content (AvgIpc) is 0. The molecule has 0 unspecified atom stereocenters. The van der Waals surface area contributed by atoms with Crippen LogP contribution in [0.25, 0.3) is 0 Å². The molecule has 0 saturated heterocycles. The van der Waals surface area contributed by atoms with Crippen molar-refractivity contribution in [1.82, 2.24) is 0 Å². The first-order chi connectivity index (χ1) is 0. The van der Waals surface area contributed by atoms with E-state index in [1.165, 1.54) is 0 Å². The SMILES string of the molecule is [Bi].[Pb].[Sn].[Sn]. The van der Waals surface area contributed by atoms with Crippen LogP contribution in [0.1, 0.15) is 0 Å². The third-order valence-corrected chi connectivity index (χ3v) is 0. The monoisotopic (exact) mass is 657 g/mol. The van der Waals surface area contributed by atoms with Gasteiger partial charge < -0.3 is 0 Å². The molecule has 0 rings (SSSR count). The zero-order chi connectivity index (χ0) is 0. The van der Waals surface area contributed by atoms with Gasteiger partial charge in [0.25, 0.3) is 0 Å². The molecule has 0 atom stereocenters. The van der Waals surface area contributed by atoms with Crippen molar-refractivity contribution in [3.05, 3.63) is 0 Å². The molecular formula is BiPbSn2. The van der Waals surface area contributed by atoms with E-state index in [0.29, 0.717) is 0 Å². The molecule has 0 aromatic carbocycles. The van der Waals surface area contributed by atoms with Crippen molar-refractivity contribution < 1.29 is 0 Å². The molecule has 0 N–H and O–H groups in total. The van der Waals surface area contributed by atoms with Gasteiger partial charge in [0.05, 0.1) is 0 Å². The van der Waals surface area contributed by atoms with Gasteiger partial charge in [-0.3, -0.25) is 0 Å². The molecule has 0 heterocycles. The van der Waals surface area contributed by atoms with Crippen molar-refractivity contribution in [2.45, 2.75) is 0 Å². The van der Waals surface area contributed by atoms with Gasteiger partial charge in [-0.1, -0.05) is 0 Å². The second kappa shape index (κ2) is 16.1. The van der Waals surface area contributed by atoms with E-state index in [0.717, 1.165) is 0 Å². The largest absolute Gasteiger partial charge is 0 e. The Bertz CT molecular complexity index is 6.00. The summed E-state index contributed by atoms with van der Waals surface area (Å²) in [5.74, 6) is 0. The van der Waals surface area contributed by atoms with Crippen molar-refractivity contribution >= 4 is 101 Å². The second-order valence-electron chi connectivity index (χ2n) is 0. The van der Waals surface area contributed by atoms with Crippen LogP contribution in [0.3, 0.4) is 0 Å². The van der Waals surface area contributed by atoms with Crippen LogP contribution >= 0.6 is 0 Å². The molecule has 17 valence electrons. The van der Waals surface area contributed by atoms with E-state index in [2.05, 4.69) is 0 Å². The fourth-order valence-corrected chi connectivity index (χ4v) is 0. The van der Waals surface area contributed by atoms with E-state index in [9.17, 15) is 0 Å². The third kappa shape index (κ3) is 9.04. The van der Waals surface area contributed by atoms with E-state index < -0.39 is 0 Å². The third-order valence-electron chi connectivity index (χ3n) is 0. The minimum Gasteiger partial charge on any atom is 0 e. The molecule has 0 fully saturated rings. The van der Waals surface area contributed by atoms with Crippen molar-refractivity contribution in [1.29, 1.82) is 0 Å². The Balaban J connectivity index is 0. The van der Waals surface area contributed by atoms with E-state index in [1.54, 1.807) is 0 Å². The van der Waals surface area contributed by atoms with Crippen LogP contribution in [0, 0.1) is 0 Å². The van der Waals surface area contributed by atoms with Gasteiger partial charge in [-0.05, 0) is 0 Å². The van der Waals surface area contributed by atoms with Crippen LogP contribution in [0.2, 0.25) is 0 Å². The van der Waals surface area contributed by atoms with E-state index >= 15 is 0 Å². The fraction of sp³-hybridized carbons (Fsp3) is 0. The summed E-state index contributed by atoms with van der Waals surface area (Å²) in [5, 5.41) is 0. The van der Waals surface area contributed by atoms with Crippen molar-refractivity contribution in [3.63, 3.8) is 0 Å². The minimum absolute atomic E-state index is 0. The maximum absolute atomic E-state index is 0. The molecule has 0 saturated carbocycles. The van der Waals surface area contributed by atoms with Gasteiger partial charge in [0, 0.05) is 101 Å². The first-order valence-corrected chi connectivity index (χ1v) is 0. The Morgan fingerprint density at radius 1 is 0.750 bits per heavy atom. The predicted octanol–water partition coefficient (Wildman–Crippen LogP) is -1.52. The summed E-state index contributed by atoms with van der Waals surface area (Å²) < 4.78 is 0. The summed E-state index contributed by atoms with van der Waals surface area (Å²) in [4.78, 5) is 0. The summed E-state index contributed by atoms with van der Waals surface area (Å²) in [6.07, 6.45) is 0. The quantitative estimate of drug-likeness (QED) is 0.279. The number of rotatable bonds is 0. The van der Waals surface area contributed by atoms with Crippen molar-refractivity contribution in [2.24, 2.45) is 0 Å². The maximum Gasteiger partial charge on any atom is 0 e. The van der Waals surface area contributed by atoms with Crippen LogP contribution in [0.4, 0.5) is 0 Å². The Morgan fingerprint density at radius 2 is 0.750 bits per heavy atom. The maximum atomic E-state index is 0. The number of hydrogen-bond donors (Lipinski definition) is 0. The summed E-state index contributed by atoms with van der Waals surface area (Å²) in [7, 11) is 0. The minimum atomic E-state index is 0. The molecule has 0 aromatic heterocycles. The summed E-state index contributed by atoms with van der Waals surface area (Å²) in [5.41, 5.74) is 0. The molecule has 0 aromatic rings. The van der Waals surface area contributed by atoms with Gasteiger partial charge in [-0.15, -0.1) is 0 Å². The van der Waals surface area contributed by atoms with E-state index in [4.69, 9.17) is 0 Å². The Kier molecular flexibility index (Phi) is 106. The molecule has 0 bridgehead atoms. The first kappa shape index (κ1) is 26.2. The molecule has 0 aliphatic heterocycles. The van der Waals surface area contributed by atoms with Gasteiger partial charge in [0.15, 0.2) is 0 Å². The smallest absolute Gasteiger partial charge is 0 e. The van der Waals surface area contributed by atoms with Crippen LogP contribution in [-0.4, -0.2) is 101 Å². The van der Waals surface area contributed by atoms with Crippen molar-refractivity contribution in [2.75, 3.05) is 0 Å². The number of hydrogen-bond acceptors (Lipinski definition) is 0. The molecule has 15 radical (unpaired) electrons. The topological polar surface area (TPSA) is 0 Å². The van der Waals surface area contributed by atoms with Gasteiger partial charge in [0.2, 0.25) is 0 Å². The summed E-state index contributed by atoms with van der Waals surface area (Å²) >= 11 is 0. The standard InChI is InChI=1S/Bi.Pb.2Sn. The van der Waals surface area contributed by atoms with E-state index in [-0.39, 0.29) is 101 Å². The molecule has 0 amide bonds. The first-order valence-electron chi connectivity index (χ1n) is 0. The Hall–Kier alpha value is 3.40. The zero-order valence-electron chi connectivity index (χ0n) is 1.95. The van der Waals surface area contributed by atoms with E-state index in [1.807, 2.05) is 0 Å². The Morgan fingerprint density at radius 3 is 0.750 bits per heavy atom. The summed E-state index contributed by atoms with van der Waals surface area (Å²) in [6, 6.07) is 0. The molecule has 4 heteroatoms. The average molecular weight is 654 g/mol. The molecule has 0 nitrogen and oxygen atoms in total.